The molecule has 0 aliphatic heterocycles. The molecule has 1 aromatic heterocycles. The van der Waals surface area contributed by atoms with Crippen LogP contribution in [-0.2, 0) is 13.6 Å². The van der Waals surface area contributed by atoms with Gasteiger partial charge in [0, 0.05) is 30.7 Å². The van der Waals surface area contributed by atoms with E-state index in [1.807, 2.05) is 13.0 Å². The zero-order valence-electron chi connectivity index (χ0n) is 11.3. The van der Waals surface area contributed by atoms with E-state index < -0.39 is 0 Å². The Kier molecular flexibility index (Phi) is 3.41. The maximum Gasteiger partial charge on any atom is 0.125 e. The van der Waals surface area contributed by atoms with Gasteiger partial charge in [0.05, 0.1) is 0 Å². The van der Waals surface area contributed by atoms with Crippen molar-refractivity contribution in [2.24, 2.45) is 7.05 Å². The number of benzene rings is 1. The SMILES string of the molecule is Cc1cc(F)cc(NCc2cc(C)n(C)c2C)c1. The highest BCUT2D eigenvalue weighted by Crippen LogP contribution is 2.17. The Labute approximate surface area is 107 Å². The first kappa shape index (κ1) is 12.7. The number of aromatic nitrogens is 1. The number of nitrogens with one attached hydrogen (secondary N) is 1. The van der Waals surface area contributed by atoms with E-state index >= 15 is 0 Å². The minimum Gasteiger partial charge on any atom is -0.381 e. The van der Waals surface area contributed by atoms with Crippen LogP contribution >= 0.6 is 0 Å². The number of aryl methyl sites for hydroxylation is 2. The Morgan fingerprint density at radius 1 is 1.11 bits per heavy atom. The predicted molar refractivity (Wildman–Crippen MR) is 73.4 cm³/mol. The Balaban J connectivity index is 2.13. The summed E-state index contributed by atoms with van der Waals surface area (Å²) in [6.45, 7) is 6.80. The summed E-state index contributed by atoms with van der Waals surface area (Å²) in [6.07, 6.45) is 0. The second-order valence-corrected chi connectivity index (χ2v) is 4.83. The molecule has 3 heteroatoms. The summed E-state index contributed by atoms with van der Waals surface area (Å²) in [4.78, 5) is 0. The van der Waals surface area contributed by atoms with Crippen LogP contribution in [0.25, 0.3) is 0 Å². The lowest BCUT2D eigenvalue weighted by Crippen LogP contribution is -2.02. The van der Waals surface area contributed by atoms with Gasteiger partial charge in [-0.3, -0.25) is 0 Å². The molecule has 0 fully saturated rings. The summed E-state index contributed by atoms with van der Waals surface area (Å²) in [5, 5.41) is 3.27. The zero-order valence-corrected chi connectivity index (χ0v) is 11.3. The molecule has 0 aliphatic rings. The molecule has 0 atom stereocenters. The van der Waals surface area contributed by atoms with Crippen LogP contribution < -0.4 is 5.32 Å². The van der Waals surface area contributed by atoms with Gasteiger partial charge in [-0.1, -0.05) is 0 Å². The van der Waals surface area contributed by atoms with Crippen LogP contribution in [0.5, 0.6) is 0 Å². The molecule has 1 N–H and O–H groups in total. The van der Waals surface area contributed by atoms with Gasteiger partial charge in [-0.05, 0) is 56.2 Å². The summed E-state index contributed by atoms with van der Waals surface area (Å²) >= 11 is 0. The van der Waals surface area contributed by atoms with Gasteiger partial charge >= 0.3 is 0 Å². The average molecular weight is 246 g/mol. The normalized spacial score (nSPS) is 10.7. The van der Waals surface area contributed by atoms with E-state index in [0.29, 0.717) is 0 Å². The van der Waals surface area contributed by atoms with Crippen LogP contribution in [-0.4, -0.2) is 4.57 Å². The third-order valence-corrected chi connectivity index (χ3v) is 3.41. The van der Waals surface area contributed by atoms with E-state index in [1.165, 1.54) is 29.1 Å². The van der Waals surface area contributed by atoms with Gasteiger partial charge < -0.3 is 9.88 Å². The van der Waals surface area contributed by atoms with Gasteiger partial charge in [0.15, 0.2) is 0 Å². The van der Waals surface area contributed by atoms with Crippen LogP contribution in [0.2, 0.25) is 0 Å². The van der Waals surface area contributed by atoms with Crippen molar-refractivity contribution in [1.29, 1.82) is 0 Å². The van der Waals surface area contributed by atoms with Gasteiger partial charge in [0.25, 0.3) is 0 Å². The van der Waals surface area contributed by atoms with E-state index in [0.717, 1.165) is 17.8 Å². The third-order valence-electron chi connectivity index (χ3n) is 3.41. The van der Waals surface area contributed by atoms with Crippen molar-refractivity contribution in [3.8, 4) is 0 Å². The predicted octanol–water partition coefficient (Wildman–Crippen LogP) is 3.70. The van der Waals surface area contributed by atoms with Crippen molar-refractivity contribution in [3.63, 3.8) is 0 Å². The van der Waals surface area contributed by atoms with Crippen LogP contribution in [0, 0.1) is 26.6 Å². The van der Waals surface area contributed by atoms with Crippen LogP contribution in [0.3, 0.4) is 0 Å². The molecule has 0 radical (unpaired) electrons. The van der Waals surface area contributed by atoms with Crippen LogP contribution in [0.4, 0.5) is 10.1 Å². The topological polar surface area (TPSA) is 17.0 Å². The molecule has 0 saturated heterocycles. The molecular formula is C15H19FN2. The molecule has 1 heterocycles. The third kappa shape index (κ3) is 2.55. The molecule has 18 heavy (non-hydrogen) atoms. The monoisotopic (exact) mass is 246 g/mol. The first-order valence-electron chi connectivity index (χ1n) is 6.10. The number of rotatable bonds is 3. The summed E-state index contributed by atoms with van der Waals surface area (Å²) < 4.78 is 15.4. The highest BCUT2D eigenvalue weighted by Gasteiger charge is 2.06. The summed E-state index contributed by atoms with van der Waals surface area (Å²) in [5.74, 6) is -0.196. The fourth-order valence-corrected chi connectivity index (χ4v) is 2.15. The first-order valence-corrected chi connectivity index (χ1v) is 6.10. The Hall–Kier alpha value is -1.77. The van der Waals surface area contributed by atoms with Crippen molar-refractivity contribution >= 4 is 5.69 Å². The Morgan fingerprint density at radius 3 is 2.39 bits per heavy atom. The molecule has 0 unspecified atom stereocenters. The summed E-state index contributed by atoms with van der Waals surface area (Å²) in [5.41, 5.74) is 5.48. The molecule has 0 amide bonds. The quantitative estimate of drug-likeness (QED) is 0.873. The average Bonchev–Trinajstić information content (AvgIpc) is 2.53. The van der Waals surface area contributed by atoms with Crippen molar-refractivity contribution in [1.82, 2.24) is 4.57 Å². The Morgan fingerprint density at radius 2 is 1.83 bits per heavy atom. The molecule has 0 spiro atoms. The summed E-state index contributed by atoms with van der Waals surface area (Å²) in [7, 11) is 2.06. The maximum absolute atomic E-state index is 13.3. The van der Waals surface area contributed by atoms with Gasteiger partial charge in [0.2, 0.25) is 0 Å². The highest BCUT2D eigenvalue weighted by molar-refractivity contribution is 5.47. The van der Waals surface area contributed by atoms with Crippen molar-refractivity contribution < 1.29 is 4.39 Å². The van der Waals surface area contributed by atoms with Crippen LogP contribution in [0.1, 0.15) is 22.5 Å². The Bertz CT molecular complexity index is 550. The fourth-order valence-electron chi connectivity index (χ4n) is 2.15. The van der Waals surface area contributed by atoms with Gasteiger partial charge in [0.1, 0.15) is 5.82 Å². The first-order chi connectivity index (χ1) is 8.47. The molecule has 2 aromatic rings. The lowest BCUT2D eigenvalue weighted by atomic mass is 10.2. The lowest BCUT2D eigenvalue weighted by Gasteiger charge is -2.08. The van der Waals surface area contributed by atoms with E-state index in [1.54, 1.807) is 0 Å². The van der Waals surface area contributed by atoms with Crippen LogP contribution in [0.15, 0.2) is 24.3 Å². The molecular weight excluding hydrogens is 227 g/mol. The van der Waals surface area contributed by atoms with Crippen molar-refractivity contribution in [2.45, 2.75) is 27.3 Å². The second-order valence-electron chi connectivity index (χ2n) is 4.83. The van der Waals surface area contributed by atoms with E-state index in [-0.39, 0.29) is 5.82 Å². The number of hydrogen-bond donors (Lipinski definition) is 1. The number of anilines is 1. The maximum atomic E-state index is 13.3. The largest absolute Gasteiger partial charge is 0.381 e. The lowest BCUT2D eigenvalue weighted by molar-refractivity contribution is 0.627. The second kappa shape index (κ2) is 4.84. The molecule has 0 aliphatic carbocycles. The van der Waals surface area contributed by atoms with E-state index in [9.17, 15) is 4.39 Å². The van der Waals surface area contributed by atoms with Crippen molar-refractivity contribution in [2.75, 3.05) is 5.32 Å². The fraction of sp³-hybridized carbons (Fsp3) is 0.333. The molecule has 0 bridgehead atoms. The summed E-state index contributed by atoms with van der Waals surface area (Å²) in [6, 6.07) is 7.17. The number of hydrogen-bond acceptors (Lipinski definition) is 1. The highest BCUT2D eigenvalue weighted by atomic mass is 19.1. The molecule has 2 nitrogen and oxygen atoms in total. The van der Waals surface area contributed by atoms with E-state index in [2.05, 4.69) is 36.8 Å². The smallest absolute Gasteiger partial charge is 0.125 e. The van der Waals surface area contributed by atoms with E-state index in [4.69, 9.17) is 0 Å². The zero-order chi connectivity index (χ0) is 13.3. The van der Waals surface area contributed by atoms with Gasteiger partial charge in [-0.25, -0.2) is 4.39 Å². The minimum atomic E-state index is -0.196. The van der Waals surface area contributed by atoms with Gasteiger partial charge in [-0.2, -0.15) is 0 Å². The van der Waals surface area contributed by atoms with Gasteiger partial charge in [-0.15, -0.1) is 0 Å². The molecule has 0 saturated carbocycles. The minimum absolute atomic E-state index is 0.196. The number of nitrogens with zero attached hydrogens (tertiary/aromatic N) is 1. The molecule has 1 aromatic carbocycles. The number of halogens is 1. The molecule has 2 rings (SSSR count). The van der Waals surface area contributed by atoms with Crippen molar-refractivity contribution in [3.05, 3.63) is 52.6 Å². The molecule has 96 valence electrons. The standard InChI is InChI=1S/C15H19FN2/c1-10-5-14(16)8-15(6-10)17-9-13-7-11(2)18(4)12(13)3/h5-8,17H,9H2,1-4H3.